The van der Waals surface area contributed by atoms with Gasteiger partial charge in [0.05, 0.1) is 0 Å². The molecule has 0 saturated heterocycles. The van der Waals surface area contributed by atoms with Crippen molar-refractivity contribution in [3.8, 4) is 0 Å². The highest BCUT2D eigenvalue weighted by Gasteiger charge is 2.21. The van der Waals surface area contributed by atoms with Gasteiger partial charge in [-0.2, -0.15) is 0 Å². The predicted molar refractivity (Wildman–Crippen MR) is 60.0 cm³/mol. The van der Waals surface area contributed by atoms with Crippen LogP contribution in [0.4, 0.5) is 5.13 Å². The number of nitrogens with two attached hydrogens (primary N) is 1. The average Bonchev–Trinajstić information content (AvgIpc) is 2.46. The first-order valence-electron chi connectivity index (χ1n) is 3.91. The van der Waals surface area contributed by atoms with Crippen molar-refractivity contribution in [2.75, 3.05) is 12.3 Å². The molecule has 0 saturated carbocycles. The van der Waals surface area contributed by atoms with E-state index < -0.39 is 5.97 Å². The van der Waals surface area contributed by atoms with Gasteiger partial charge < -0.3 is 15.7 Å². The molecule has 0 aliphatic carbocycles. The monoisotopic (exact) mass is 293 g/mol. The van der Waals surface area contributed by atoms with E-state index in [0.717, 1.165) is 11.3 Å². The summed E-state index contributed by atoms with van der Waals surface area (Å²) in [5, 5.41) is 12.6. The van der Waals surface area contributed by atoms with E-state index in [4.69, 9.17) is 10.8 Å². The van der Waals surface area contributed by atoms with Gasteiger partial charge in [-0.25, -0.2) is 9.78 Å². The summed E-state index contributed by atoms with van der Waals surface area (Å²) in [6.45, 7) is 1.99. The fourth-order valence-electron chi connectivity index (χ4n) is 0.776. The highest BCUT2D eigenvalue weighted by molar-refractivity contribution is 9.11. The van der Waals surface area contributed by atoms with Crippen molar-refractivity contribution in [2.24, 2.45) is 5.16 Å². The Kier molecular flexibility index (Phi) is 4.04. The zero-order valence-corrected chi connectivity index (χ0v) is 10.1. The van der Waals surface area contributed by atoms with Gasteiger partial charge >= 0.3 is 5.97 Å². The number of nitrogen functional groups attached to an aromatic ring is 1. The quantitative estimate of drug-likeness (QED) is 0.644. The van der Waals surface area contributed by atoms with E-state index in [9.17, 15) is 4.79 Å². The number of carbonyl (C=O) groups is 1. The first-order valence-corrected chi connectivity index (χ1v) is 5.52. The largest absolute Gasteiger partial charge is 0.476 e. The fraction of sp³-hybridized carbons (Fsp3) is 0.286. The number of hydrogen-bond acceptors (Lipinski definition) is 6. The van der Waals surface area contributed by atoms with Crippen LogP contribution in [-0.4, -0.2) is 28.4 Å². The summed E-state index contributed by atoms with van der Waals surface area (Å²) in [6.07, 6.45) is 0. The second-order valence-corrected chi connectivity index (χ2v) is 4.69. The van der Waals surface area contributed by atoms with Gasteiger partial charge in [-0.05, 0) is 22.9 Å². The molecule has 0 unspecified atom stereocenters. The average molecular weight is 294 g/mol. The minimum absolute atomic E-state index is 0.179. The first kappa shape index (κ1) is 11.9. The van der Waals surface area contributed by atoms with Gasteiger partial charge in [0.2, 0.25) is 5.71 Å². The van der Waals surface area contributed by atoms with E-state index in [-0.39, 0.29) is 23.1 Å². The summed E-state index contributed by atoms with van der Waals surface area (Å²) in [7, 11) is 0. The number of aliphatic carboxylic acids is 1. The first-order chi connectivity index (χ1) is 7.06. The normalized spacial score (nSPS) is 11.5. The molecule has 0 aliphatic heterocycles. The second kappa shape index (κ2) is 5.08. The maximum atomic E-state index is 10.9. The van der Waals surface area contributed by atoms with Crippen LogP contribution < -0.4 is 5.73 Å². The molecule has 0 atom stereocenters. The van der Waals surface area contributed by atoms with E-state index in [2.05, 4.69) is 30.9 Å². The van der Waals surface area contributed by atoms with Crippen molar-refractivity contribution in [2.45, 2.75) is 6.92 Å². The Bertz CT molecular complexity index is 404. The number of thiazole rings is 1. The van der Waals surface area contributed by atoms with Crippen molar-refractivity contribution in [1.29, 1.82) is 0 Å². The molecule has 82 valence electrons. The smallest absolute Gasteiger partial charge is 0.360 e. The van der Waals surface area contributed by atoms with Crippen LogP contribution in [0.2, 0.25) is 0 Å². The number of nitrogens with zero attached hydrogens (tertiary/aromatic N) is 2. The van der Waals surface area contributed by atoms with Gasteiger partial charge in [-0.3, -0.25) is 0 Å². The highest BCUT2D eigenvalue weighted by atomic mass is 79.9. The molecule has 8 heteroatoms. The van der Waals surface area contributed by atoms with Crippen molar-refractivity contribution in [1.82, 2.24) is 4.98 Å². The Morgan fingerprint density at radius 2 is 2.47 bits per heavy atom. The molecule has 1 heterocycles. The molecular weight excluding hydrogens is 286 g/mol. The Morgan fingerprint density at radius 3 is 2.87 bits per heavy atom. The zero-order valence-electron chi connectivity index (χ0n) is 7.73. The van der Waals surface area contributed by atoms with Crippen LogP contribution >= 0.6 is 27.3 Å². The SMILES string of the molecule is CCON=C(C(=O)O)c1nc(N)sc1Br. The van der Waals surface area contributed by atoms with Crippen LogP contribution in [0, 0.1) is 0 Å². The van der Waals surface area contributed by atoms with Gasteiger partial charge in [0.1, 0.15) is 16.1 Å². The van der Waals surface area contributed by atoms with E-state index >= 15 is 0 Å². The fourth-order valence-corrected chi connectivity index (χ4v) is 2.11. The van der Waals surface area contributed by atoms with Crippen LogP contribution in [0.1, 0.15) is 12.6 Å². The maximum absolute atomic E-state index is 10.9. The number of hydrogen-bond donors (Lipinski definition) is 2. The van der Waals surface area contributed by atoms with Gasteiger partial charge in [-0.15, -0.1) is 0 Å². The third kappa shape index (κ3) is 2.90. The summed E-state index contributed by atoms with van der Waals surface area (Å²) in [4.78, 5) is 19.4. The standard InChI is InChI=1S/C7H8BrN3O3S/c1-2-14-11-4(6(12)13)3-5(8)15-7(9)10-3/h2H2,1H3,(H2,9,10)(H,12,13). The molecule has 3 N–H and O–H groups in total. The second-order valence-electron chi connectivity index (χ2n) is 2.34. The van der Waals surface area contributed by atoms with Crippen LogP contribution in [0.25, 0.3) is 0 Å². The molecule has 15 heavy (non-hydrogen) atoms. The Labute approximate surface area is 97.9 Å². The van der Waals surface area contributed by atoms with E-state index in [0.29, 0.717) is 3.79 Å². The molecule has 1 rings (SSSR count). The molecule has 1 aromatic heterocycles. The van der Waals surface area contributed by atoms with Gasteiger partial charge in [0, 0.05) is 0 Å². The number of anilines is 1. The van der Waals surface area contributed by atoms with Crippen molar-refractivity contribution < 1.29 is 14.7 Å². The molecular formula is C7H8BrN3O3S. The predicted octanol–water partition coefficient (Wildman–Crippen LogP) is 1.31. The molecule has 6 nitrogen and oxygen atoms in total. The van der Waals surface area contributed by atoms with Crippen molar-refractivity contribution in [3.63, 3.8) is 0 Å². The minimum atomic E-state index is -1.21. The molecule has 0 radical (unpaired) electrons. The lowest BCUT2D eigenvalue weighted by atomic mass is 10.3. The highest BCUT2D eigenvalue weighted by Crippen LogP contribution is 2.27. The third-order valence-electron chi connectivity index (χ3n) is 1.31. The number of aromatic nitrogens is 1. The minimum Gasteiger partial charge on any atom is -0.476 e. The van der Waals surface area contributed by atoms with Crippen LogP contribution in [0.3, 0.4) is 0 Å². The Morgan fingerprint density at radius 1 is 1.80 bits per heavy atom. The maximum Gasteiger partial charge on any atom is 0.360 e. The summed E-state index contributed by atoms with van der Waals surface area (Å²) in [5.41, 5.74) is 5.35. The van der Waals surface area contributed by atoms with Gasteiger partial charge in [0.15, 0.2) is 5.13 Å². The molecule has 0 bridgehead atoms. The molecule has 0 spiro atoms. The van der Waals surface area contributed by atoms with Gasteiger partial charge in [-0.1, -0.05) is 16.5 Å². The number of rotatable bonds is 4. The molecule has 1 aromatic rings. The number of carboxylic acid groups (broad SMARTS) is 1. The Balaban J connectivity index is 3.10. The van der Waals surface area contributed by atoms with Crippen molar-refractivity contribution in [3.05, 3.63) is 9.48 Å². The van der Waals surface area contributed by atoms with E-state index in [1.54, 1.807) is 6.92 Å². The van der Waals surface area contributed by atoms with E-state index in [1.165, 1.54) is 0 Å². The molecule has 0 aliphatic rings. The summed E-state index contributed by atoms with van der Waals surface area (Å²) >= 11 is 4.29. The topological polar surface area (TPSA) is 97.8 Å². The lowest BCUT2D eigenvalue weighted by Crippen LogP contribution is -2.16. The van der Waals surface area contributed by atoms with E-state index in [1.807, 2.05) is 0 Å². The summed E-state index contributed by atoms with van der Waals surface area (Å²) < 4.78 is 0.515. The molecule has 0 fully saturated rings. The summed E-state index contributed by atoms with van der Waals surface area (Å²) in [5.74, 6) is -1.21. The lowest BCUT2D eigenvalue weighted by Gasteiger charge is -1.98. The van der Waals surface area contributed by atoms with Gasteiger partial charge in [0.25, 0.3) is 0 Å². The van der Waals surface area contributed by atoms with Crippen LogP contribution in [0.15, 0.2) is 8.94 Å². The molecule has 0 amide bonds. The molecule has 0 aromatic carbocycles. The lowest BCUT2D eigenvalue weighted by molar-refractivity contribution is -0.129. The van der Waals surface area contributed by atoms with Crippen LogP contribution in [0.5, 0.6) is 0 Å². The number of carboxylic acids is 1. The van der Waals surface area contributed by atoms with Crippen LogP contribution in [-0.2, 0) is 9.63 Å². The zero-order chi connectivity index (χ0) is 11.4. The number of halogens is 1. The third-order valence-corrected chi connectivity index (χ3v) is 2.85. The summed E-state index contributed by atoms with van der Waals surface area (Å²) in [6, 6.07) is 0. The number of oxime groups is 1. The van der Waals surface area contributed by atoms with Crippen molar-refractivity contribution >= 4 is 44.1 Å². The Hall–Kier alpha value is -1.15.